The van der Waals surface area contributed by atoms with E-state index in [-0.39, 0.29) is 11.5 Å². The van der Waals surface area contributed by atoms with E-state index in [0.717, 1.165) is 12.6 Å². The molecule has 6 heteroatoms. The highest BCUT2D eigenvalue weighted by atomic mass is 19.4. The number of nitrogens with zero attached hydrogens (tertiary/aromatic N) is 2. The molecule has 2 heterocycles. The number of imidazole rings is 1. The Labute approximate surface area is 98.0 Å². The van der Waals surface area contributed by atoms with Gasteiger partial charge in [0.2, 0.25) is 5.95 Å². The summed E-state index contributed by atoms with van der Waals surface area (Å²) >= 11 is 0. The minimum Gasteiger partial charge on any atom is -0.352 e. The van der Waals surface area contributed by atoms with Gasteiger partial charge in [-0.25, -0.2) is 4.98 Å². The van der Waals surface area contributed by atoms with Crippen LogP contribution < -0.4 is 5.32 Å². The molecular weight excluding hydrogens is 231 g/mol. The lowest BCUT2D eigenvalue weighted by atomic mass is 9.84. The fraction of sp³-hybridized carbons (Fsp3) is 0.727. The summed E-state index contributed by atoms with van der Waals surface area (Å²) in [6, 6.07) is 0.151. The Morgan fingerprint density at radius 1 is 1.35 bits per heavy atom. The third kappa shape index (κ3) is 2.40. The summed E-state index contributed by atoms with van der Waals surface area (Å²) < 4.78 is 39.0. The molecule has 1 aromatic rings. The molecule has 1 N–H and O–H groups in total. The summed E-state index contributed by atoms with van der Waals surface area (Å²) in [4.78, 5) is 3.61. The molecule has 0 radical (unpaired) electrons. The Morgan fingerprint density at radius 2 is 2.00 bits per heavy atom. The Bertz CT molecular complexity index is 415. The van der Waals surface area contributed by atoms with E-state index in [1.54, 1.807) is 0 Å². The Kier molecular flexibility index (Phi) is 2.63. The van der Waals surface area contributed by atoms with E-state index in [1.165, 1.54) is 4.57 Å². The molecule has 3 nitrogen and oxygen atoms in total. The second kappa shape index (κ2) is 3.65. The predicted molar refractivity (Wildman–Crippen MR) is 58.7 cm³/mol. The van der Waals surface area contributed by atoms with Gasteiger partial charge in [-0.05, 0) is 11.8 Å². The topological polar surface area (TPSA) is 29.9 Å². The largest absolute Gasteiger partial charge is 0.434 e. The zero-order valence-corrected chi connectivity index (χ0v) is 10.1. The van der Waals surface area contributed by atoms with Crippen molar-refractivity contribution in [1.29, 1.82) is 0 Å². The number of aromatic nitrogens is 2. The van der Waals surface area contributed by atoms with Crippen LogP contribution >= 0.6 is 0 Å². The smallest absolute Gasteiger partial charge is 0.352 e. The monoisotopic (exact) mass is 247 g/mol. The van der Waals surface area contributed by atoms with E-state index in [4.69, 9.17) is 0 Å². The number of hydrogen-bond acceptors (Lipinski definition) is 2. The van der Waals surface area contributed by atoms with Crippen LogP contribution in [0.5, 0.6) is 0 Å². The summed E-state index contributed by atoms with van der Waals surface area (Å²) in [7, 11) is 0. The fourth-order valence-corrected chi connectivity index (χ4v) is 1.98. The maximum absolute atomic E-state index is 12.5. The van der Waals surface area contributed by atoms with Crippen molar-refractivity contribution in [3.63, 3.8) is 0 Å². The van der Waals surface area contributed by atoms with Gasteiger partial charge in [-0.2, -0.15) is 13.2 Å². The summed E-state index contributed by atoms with van der Waals surface area (Å²) in [5, 5.41) is 3.08. The number of anilines is 1. The zero-order valence-electron chi connectivity index (χ0n) is 10.1. The van der Waals surface area contributed by atoms with E-state index in [0.29, 0.717) is 12.5 Å². The number of aryl methyl sites for hydroxylation is 1. The van der Waals surface area contributed by atoms with Crippen LogP contribution in [-0.4, -0.2) is 15.6 Å². The number of nitrogens with one attached hydrogen (secondary N) is 1. The molecule has 96 valence electrons. The average molecular weight is 247 g/mol. The number of hydrogen-bond donors (Lipinski definition) is 1. The van der Waals surface area contributed by atoms with Gasteiger partial charge < -0.3 is 9.88 Å². The molecule has 1 aromatic heterocycles. The van der Waals surface area contributed by atoms with Crippen molar-refractivity contribution >= 4 is 5.95 Å². The van der Waals surface area contributed by atoms with Crippen molar-refractivity contribution in [3.05, 3.63) is 11.9 Å². The molecule has 0 fully saturated rings. The minimum atomic E-state index is -4.37. The first-order valence-electron chi connectivity index (χ1n) is 5.59. The highest BCUT2D eigenvalue weighted by Crippen LogP contribution is 2.33. The summed E-state index contributed by atoms with van der Waals surface area (Å²) in [6.45, 7) is 6.77. The van der Waals surface area contributed by atoms with Crippen LogP contribution in [0.1, 0.15) is 32.9 Å². The first-order chi connectivity index (χ1) is 7.68. The molecule has 0 spiro atoms. The maximum atomic E-state index is 12.5. The number of halogens is 3. The van der Waals surface area contributed by atoms with Gasteiger partial charge in [-0.15, -0.1) is 0 Å². The van der Waals surface area contributed by atoms with Gasteiger partial charge in [-0.3, -0.25) is 0 Å². The summed E-state index contributed by atoms with van der Waals surface area (Å²) in [5.41, 5.74) is -0.815. The number of rotatable bonds is 0. The lowest BCUT2D eigenvalue weighted by Gasteiger charge is -2.35. The van der Waals surface area contributed by atoms with Crippen molar-refractivity contribution in [1.82, 2.24) is 9.55 Å². The third-order valence-electron chi connectivity index (χ3n) is 3.07. The van der Waals surface area contributed by atoms with Crippen LogP contribution in [0.2, 0.25) is 0 Å². The molecule has 1 atom stereocenters. The maximum Gasteiger partial charge on any atom is 0.434 e. The second-order valence-corrected chi connectivity index (χ2v) is 5.49. The summed E-state index contributed by atoms with van der Waals surface area (Å²) in [5.74, 6) is 0.323. The van der Waals surface area contributed by atoms with Crippen LogP contribution in [0.3, 0.4) is 0 Å². The van der Waals surface area contributed by atoms with Crippen molar-refractivity contribution in [2.75, 3.05) is 5.32 Å². The van der Waals surface area contributed by atoms with E-state index < -0.39 is 11.9 Å². The molecule has 1 aliphatic rings. The van der Waals surface area contributed by atoms with Gasteiger partial charge >= 0.3 is 6.18 Å². The summed E-state index contributed by atoms with van der Waals surface area (Å²) in [6.07, 6.45) is -2.49. The molecule has 2 rings (SSSR count). The molecule has 0 aliphatic carbocycles. The molecule has 17 heavy (non-hydrogen) atoms. The number of fused-ring (bicyclic) bond motifs is 1. The minimum absolute atomic E-state index is 0.00952. The SMILES string of the molecule is CC(C)(C)C1CCn2cc(C(F)(F)F)nc2N1. The fourth-order valence-electron chi connectivity index (χ4n) is 1.98. The van der Waals surface area contributed by atoms with E-state index in [1.807, 2.05) is 0 Å². The van der Waals surface area contributed by atoms with E-state index in [2.05, 4.69) is 31.1 Å². The van der Waals surface area contributed by atoms with Gasteiger partial charge in [0.15, 0.2) is 5.69 Å². The molecule has 0 aromatic carbocycles. The molecule has 0 amide bonds. The van der Waals surface area contributed by atoms with E-state index in [9.17, 15) is 13.2 Å². The predicted octanol–water partition coefficient (Wildman–Crippen LogP) is 3.13. The lowest BCUT2D eigenvalue weighted by Crippen LogP contribution is -2.38. The second-order valence-electron chi connectivity index (χ2n) is 5.49. The third-order valence-corrected chi connectivity index (χ3v) is 3.07. The van der Waals surface area contributed by atoms with Gasteiger partial charge in [0.1, 0.15) is 0 Å². The van der Waals surface area contributed by atoms with Gasteiger partial charge in [0.05, 0.1) is 0 Å². The van der Waals surface area contributed by atoms with Gasteiger partial charge in [0.25, 0.3) is 0 Å². The van der Waals surface area contributed by atoms with Crippen molar-refractivity contribution in [3.8, 4) is 0 Å². The van der Waals surface area contributed by atoms with Crippen molar-refractivity contribution in [2.24, 2.45) is 5.41 Å². The van der Waals surface area contributed by atoms with Crippen LogP contribution in [-0.2, 0) is 12.7 Å². The van der Waals surface area contributed by atoms with Crippen molar-refractivity contribution in [2.45, 2.75) is 46.0 Å². The normalized spacial score (nSPS) is 20.9. The molecule has 0 saturated heterocycles. The van der Waals surface area contributed by atoms with E-state index >= 15 is 0 Å². The molecular formula is C11H16F3N3. The van der Waals surface area contributed by atoms with Gasteiger partial charge in [0, 0.05) is 18.8 Å². The molecule has 0 saturated carbocycles. The van der Waals surface area contributed by atoms with Crippen LogP contribution in [0.25, 0.3) is 0 Å². The quantitative estimate of drug-likeness (QED) is 0.763. The Morgan fingerprint density at radius 3 is 2.53 bits per heavy atom. The number of alkyl halides is 3. The average Bonchev–Trinajstić information content (AvgIpc) is 2.57. The van der Waals surface area contributed by atoms with Crippen LogP contribution in [0.15, 0.2) is 6.20 Å². The molecule has 1 unspecified atom stereocenters. The Balaban J connectivity index is 2.25. The highest BCUT2D eigenvalue weighted by Gasteiger charge is 2.37. The zero-order chi connectivity index (χ0) is 12.8. The molecule has 1 aliphatic heterocycles. The lowest BCUT2D eigenvalue weighted by molar-refractivity contribution is -0.140. The first kappa shape index (κ1) is 12.3. The Hall–Kier alpha value is -1.20. The van der Waals surface area contributed by atoms with Crippen molar-refractivity contribution < 1.29 is 13.2 Å². The first-order valence-corrected chi connectivity index (χ1v) is 5.59. The van der Waals surface area contributed by atoms with Crippen LogP contribution in [0.4, 0.5) is 19.1 Å². The molecule has 0 bridgehead atoms. The standard InChI is InChI=1S/C11H16F3N3/c1-10(2,3)7-4-5-17-6-8(11(12,13)14)16-9(17)15-7/h6-7H,4-5H2,1-3H3,(H,15,16). The van der Waals surface area contributed by atoms with Gasteiger partial charge in [-0.1, -0.05) is 20.8 Å². The van der Waals surface area contributed by atoms with Crippen LogP contribution in [0, 0.1) is 5.41 Å². The highest BCUT2D eigenvalue weighted by molar-refractivity contribution is 5.34.